The first-order valence-corrected chi connectivity index (χ1v) is 5.78. The summed E-state index contributed by atoms with van der Waals surface area (Å²) in [6.45, 7) is 0.864. The lowest BCUT2D eigenvalue weighted by Gasteiger charge is -2.02. The highest BCUT2D eigenvalue weighted by molar-refractivity contribution is 7.89. The Hall–Kier alpha value is -0.920. The van der Waals surface area contributed by atoms with E-state index in [0.717, 1.165) is 0 Å². The van der Waals surface area contributed by atoms with Crippen molar-refractivity contribution >= 4 is 10.0 Å². The Morgan fingerprint density at radius 2 is 2.36 bits per heavy atom. The number of sulfonamides is 1. The molecule has 6 nitrogen and oxygen atoms in total. The summed E-state index contributed by atoms with van der Waals surface area (Å²) in [6.07, 6.45) is 2.92. The van der Waals surface area contributed by atoms with Crippen LogP contribution in [0.3, 0.4) is 0 Å². The Labute approximate surface area is 82.8 Å². The topological polar surface area (TPSA) is 84.2 Å². The largest absolute Gasteiger partial charge is 0.447 e. The molecule has 14 heavy (non-hydrogen) atoms. The normalized spacial score (nSPS) is 11.8. The fourth-order valence-corrected chi connectivity index (χ4v) is 1.47. The van der Waals surface area contributed by atoms with Crippen LogP contribution in [0.15, 0.2) is 17.0 Å². The van der Waals surface area contributed by atoms with E-state index >= 15 is 0 Å². The van der Waals surface area contributed by atoms with E-state index < -0.39 is 10.0 Å². The molecule has 0 aliphatic carbocycles. The fourth-order valence-electron chi connectivity index (χ4n) is 0.850. The van der Waals surface area contributed by atoms with Crippen molar-refractivity contribution in [3.63, 3.8) is 0 Å². The van der Waals surface area contributed by atoms with Crippen LogP contribution in [0.4, 0.5) is 0 Å². The Morgan fingerprint density at radius 3 is 2.93 bits per heavy atom. The van der Waals surface area contributed by atoms with Crippen LogP contribution in [-0.4, -0.2) is 32.7 Å². The van der Waals surface area contributed by atoms with Gasteiger partial charge in [0, 0.05) is 6.54 Å². The SMILES string of the molecule is CNS(=O)(=O)CCNCc1cnco1. The summed E-state index contributed by atoms with van der Waals surface area (Å²) in [6, 6.07) is 0. The van der Waals surface area contributed by atoms with Crippen LogP contribution in [0, 0.1) is 0 Å². The molecule has 1 heterocycles. The van der Waals surface area contributed by atoms with E-state index in [0.29, 0.717) is 18.8 Å². The molecule has 1 rings (SSSR count). The molecular weight excluding hydrogens is 206 g/mol. The molecule has 0 spiro atoms. The molecule has 0 saturated carbocycles. The van der Waals surface area contributed by atoms with Crippen LogP contribution in [0.5, 0.6) is 0 Å². The maximum Gasteiger partial charge on any atom is 0.212 e. The Kier molecular flexibility index (Phi) is 4.05. The maximum absolute atomic E-state index is 11.0. The first-order chi connectivity index (χ1) is 6.64. The van der Waals surface area contributed by atoms with Crippen LogP contribution in [0.2, 0.25) is 0 Å². The number of oxazole rings is 1. The van der Waals surface area contributed by atoms with Gasteiger partial charge >= 0.3 is 0 Å². The van der Waals surface area contributed by atoms with Crippen molar-refractivity contribution in [2.45, 2.75) is 6.54 Å². The monoisotopic (exact) mass is 219 g/mol. The molecule has 7 heteroatoms. The number of nitrogens with one attached hydrogen (secondary N) is 2. The van der Waals surface area contributed by atoms with Crippen LogP contribution in [0.1, 0.15) is 5.76 Å². The number of rotatable bonds is 6. The molecule has 0 aromatic carbocycles. The minimum Gasteiger partial charge on any atom is -0.447 e. The third-order valence-electron chi connectivity index (χ3n) is 1.64. The van der Waals surface area contributed by atoms with E-state index in [9.17, 15) is 8.42 Å². The molecule has 0 aliphatic heterocycles. The van der Waals surface area contributed by atoms with E-state index in [1.54, 1.807) is 6.20 Å². The summed E-state index contributed by atoms with van der Waals surface area (Å²) in [5.41, 5.74) is 0. The molecular formula is C7H13N3O3S. The van der Waals surface area contributed by atoms with E-state index in [1.165, 1.54) is 13.4 Å². The Balaban J connectivity index is 2.17. The zero-order chi connectivity index (χ0) is 10.4. The average molecular weight is 219 g/mol. The lowest BCUT2D eigenvalue weighted by atomic mass is 10.5. The average Bonchev–Trinajstić information content (AvgIpc) is 2.65. The van der Waals surface area contributed by atoms with E-state index in [2.05, 4.69) is 15.0 Å². The van der Waals surface area contributed by atoms with Gasteiger partial charge in [-0.3, -0.25) is 0 Å². The number of hydrogen-bond acceptors (Lipinski definition) is 5. The smallest absolute Gasteiger partial charge is 0.212 e. The number of nitrogens with zero attached hydrogens (tertiary/aromatic N) is 1. The fraction of sp³-hybridized carbons (Fsp3) is 0.571. The molecule has 2 N–H and O–H groups in total. The molecule has 0 amide bonds. The molecule has 0 bridgehead atoms. The highest BCUT2D eigenvalue weighted by atomic mass is 32.2. The van der Waals surface area contributed by atoms with Crippen molar-refractivity contribution in [1.82, 2.24) is 15.0 Å². The third-order valence-corrected chi connectivity index (χ3v) is 3.00. The minimum absolute atomic E-state index is 0.0532. The van der Waals surface area contributed by atoms with Gasteiger partial charge < -0.3 is 9.73 Å². The van der Waals surface area contributed by atoms with Crippen molar-refractivity contribution in [2.75, 3.05) is 19.3 Å². The quantitative estimate of drug-likeness (QED) is 0.619. The lowest BCUT2D eigenvalue weighted by Crippen LogP contribution is -2.29. The molecule has 0 aliphatic rings. The molecule has 0 unspecified atom stereocenters. The zero-order valence-corrected chi connectivity index (χ0v) is 8.67. The molecule has 0 saturated heterocycles. The summed E-state index contributed by atoms with van der Waals surface area (Å²) in [5, 5.41) is 2.93. The van der Waals surface area contributed by atoms with Crippen LogP contribution in [-0.2, 0) is 16.6 Å². The summed E-state index contributed by atoms with van der Waals surface area (Å²) in [7, 11) is -1.72. The molecule has 80 valence electrons. The second-order valence-corrected chi connectivity index (χ2v) is 4.71. The Bertz CT molecular complexity index is 346. The van der Waals surface area contributed by atoms with Crippen molar-refractivity contribution in [3.05, 3.63) is 18.4 Å². The maximum atomic E-state index is 11.0. The zero-order valence-electron chi connectivity index (χ0n) is 7.86. The lowest BCUT2D eigenvalue weighted by molar-refractivity contribution is 0.482. The standard InChI is InChI=1S/C7H13N3O3S/c1-8-14(11,12)3-2-9-4-7-5-10-6-13-7/h5-6,8-9H,2-4H2,1H3. The minimum atomic E-state index is -3.12. The summed E-state index contributed by atoms with van der Waals surface area (Å²) >= 11 is 0. The Morgan fingerprint density at radius 1 is 1.57 bits per heavy atom. The highest BCUT2D eigenvalue weighted by Crippen LogP contribution is 1.94. The second kappa shape index (κ2) is 5.08. The van der Waals surface area contributed by atoms with Crippen LogP contribution >= 0.6 is 0 Å². The first-order valence-electron chi connectivity index (χ1n) is 4.13. The van der Waals surface area contributed by atoms with Crippen molar-refractivity contribution in [2.24, 2.45) is 0 Å². The summed E-state index contributed by atoms with van der Waals surface area (Å²) in [4.78, 5) is 3.73. The van der Waals surface area contributed by atoms with Crippen LogP contribution < -0.4 is 10.0 Å². The van der Waals surface area contributed by atoms with Gasteiger partial charge in [-0.25, -0.2) is 18.1 Å². The number of hydrogen-bond donors (Lipinski definition) is 2. The molecule has 0 fully saturated rings. The van der Waals surface area contributed by atoms with Gasteiger partial charge in [0.1, 0.15) is 5.76 Å². The highest BCUT2D eigenvalue weighted by Gasteiger charge is 2.05. The van der Waals surface area contributed by atoms with Gasteiger partial charge in [0.05, 0.1) is 18.5 Å². The van der Waals surface area contributed by atoms with E-state index in [1.807, 2.05) is 0 Å². The molecule has 1 aromatic heterocycles. The van der Waals surface area contributed by atoms with Crippen molar-refractivity contribution in [3.8, 4) is 0 Å². The predicted molar refractivity (Wildman–Crippen MR) is 51.1 cm³/mol. The summed E-state index contributed by atoms with van der Waals surface area (Å²) < 4.78 is 29.1. The van der Waals surface area contributed by atoms with Gasteiger partial charge in [0.25, 0.3) is 0 Å². The number of aromatic nitrogens is 1. The van der Waals surface area contributed by atoms with E-state index in [-0.39, 0.29) is 5.75 Å². The molecule has 0 radical (unpaired) electrons. The van der Waals surface area contributed by atoms with Gasteiger partial charge in [-0.2, -0.15) is 0 Å². The van der Waals surface area contributed by atoms with Crippen LogP contribution in [0.25, 0.3) is 0 Å². The van der Waals surface area contributed by atoms with Gasteiger partial charge in [0.15, 0.2) is 6.39 Å². The van der Waals surface area contributed by atoms with Crippen molar-refractivity contribution in [1.29, 1.82) is 0 Å². The van der Waals surface area contributed by atoms with Gasteiger partial charge in [-0.05, 0) is 7.05 Å². The second-order valence-electron chi connectivity index (χ2n) is 2.67. The molecule has 1 aromatic rings. The summed E-state index contributed by atoms with van der Waals surface area (Å²) in [5.74, 6) is 0.740. The third kappa shape index (κ3) is 3.86. The van der Waals surface area contributed by atoms with E-state index in [4.69, 9.17) is 4.42 Å². The van der Waals surface area contributed by atoms with Gasteiger partial charge in [-0.1, -0.05) is 0 Å². The van der Waals surface area contributed by atoms with Gasteiger partial charge in [0.2, 0.25) is 10.0 Å². The molecule has 0 atom stereocenters. The van der Waals surface area contributed by atoms with Gasteiger partial charge in [-0.15, -0.1) is 0 Å². The predicted octanol–water partition coefficient (Wildman–Crippen LogP) is -0.687. The van der Waals surface area contributed by atoms with Crippen molar-refractivity contribution < 1.29 is 12.8 Å². The first kappa shape index (κ1) is 11.2.